The van der Waals surface area contributed by atoms with Gasteiger partial charge in [0.15, 0.2) is 17.5 Å². The molecule has 0 amide bonds. The van der Waals surface area contributed by atoms with E-state index in [0.29, 0.717) is 16.6 Å². The number of ether oxygens (including phenoxy) is 1. The number of pyridine rings is 1. The maximum atomic E-state index is 14.2. The minimum Gasteiger partial charge on any atom is -0.392 e. The molecule has 0 bridgehead atoms. The Morgan fingerprint density at radius 1 is 1.42 bits per heavy atom. The molecule has 3 heterocycles. The molecule has 3 aromatic rings. The molecule has 2 aromatic heterocycles. The summed E-state index contributed by atoms with van der Waals surface area (Å²) in [4.78, 5) is 4.26. The van der Waals surface area contributed by atoms with E-state index in [1.807, 2.05) is 0 Å². The number of nitrogens with zero attached hydrogens (tertiary/aromatic N) is 3. The van der Waals surface area contributed by atoms with Gasteiger partial charge in [-0.2, -0.15) is 5.10 Å². The average Bonchev–Trinajstić information content (AvgIpc) is 3.28. The summed E-state index contributed by atoms with van der Waals surface area (Å²) >= 11 is 6.20. The second-order valence-electron chi connectivity index (χ2n) is 7.34. The molecule has 162 valence electrons. The Labute approximate surface area is 182 Å². The van der Waals surface area contributed by atoms with Gasteiger partial charge < -0.3 is 25.4 Å². The normalized spacial score (nSPS) is 26.7. The van der Waals surface area contributed by atoms with E-state index < -0.39 is 36.7 Å². The number of fused-ring (bicyclic) bond motifs is 1. The van der Waals surface area contributed by atoms with Crippen LogP contribution in [0.2, 0.25) is 5.15 Å². The molecule has 1 aromatic carbocycles. The largest absolute Gasteiger partial charge is 0.392 e. The van der Waals surface area contributed by atoms with Crippen LogP contribution in [0.1, 0.15) is 24.8 Å². The summed E-state index contributed by atoms with van der Waals surface area (Å²) in [7, 11) is 0. The summed E-state index contributed by atoms with van der Waals surface area (Å²) in [5, 5.41) is 38.5. The molecule has 2 unspecified atom stereocenters. The van der Waals surface area contributed by atoms with E-state index in [-0.39, 0.29) is 16.6 Å². The molecule has 31 heavy (non-hydrogen) atoms. The fraction of sp³-hybridized carbons (Fsp3) is 0.333. The maximum absolute atomic E-state index is 14.2. The number of nitrogens with one attached hydrogen (secondary N) is 1. The summed E-state index contributed by atoms with van der Waals surface area (Å²) < 4.78 is 21.0. The molecule has 10 heteroatoms. The number of benzene rings is 1. The highest BCUT2D eigenvalue weighted by atomic mass is 35.5. The second-order valence-corrected chi connectivity index (χ2v) is 7.73. The molecule has 1 aliphatic heterocycles. The van der Waals surface area contributed by atoms with Gasteiger partial charge in [0, 0.05) is 5.56 Å². The number of aliphatic hydroxyl groups excluding tert-OH is 3. The van der Waals surface area contributed by atoms with Crippen LogP contribution in [0.3, 0.4) is 0 Å². The van der Waals surface area contributed by atoms with Crippen LogP contribution < -0.4 is 5.32 Å². The lowest BCUT2D eigenvalue weighted by molar-refractivity contribution is -0.0947. The fourth-order valence-electron chi connectivity index (χ4n) is 3.71. The zero-order valence-electron chi connectivity index (χ0n) is 16.4. The Kier molecular flexibility index (Phi) is 5.60. The first-order chi connectivity index (χ1) is 14.8. The number of terminal acetylenes is 1. The van der Waals surface area contributed by atoms with Gasteiger partial charge in [0.05, 0.1) is 29.9 Å². The van der Waals surface area contributed by atoms with Gasteiger partial charge in [0.1, 0.15) is 23.2 Å². The number of hydrogen-bond donors (Lipinski definition) is 4. The zero-order chi connectivity index (χ0) is 22.3. The predicted octanol–water partition coefficient (Wildman–Crippen LogP) is 2.01. The van der Waals surface area contributed by atoms with E-state index in [4.69, 9.17) is 22.8 Å². The standard InChI is InChI=1S/C21H20ClFN4O4/c1-3-21(10-28)18(30)17(29)20(31-21)27-19-13(9-24-27)15(8-16(22)26-19)25-11(2)12-6-4-5-7-14(12)23/h1,4-9,11,17-18,20,28-30H,10H2,2H3,(H,25,26)/t11?,17-,18+,20?,21-/m1/s1. The first-order valence-electron chi connectivity index (χ1n) is 9.48. The minimum absolute atomic E-state index is 0.121. The quantitative estimate of drug-likeness (QED) is 0.350. The van der Waals surface area contributed by atoms with Gasteiger partial charge >= 0.3 is 0 Å². The highest BCUT2D eigenvalue weighted by Gasteiger charge is 2.54. The van der Waals surface area contributed by atoms with Gasteiger partial charge in [-0.3, -0.25) is 0 Å². The highest BCUT2D eigenvalue weighted by molar-refractivity contribution is 6.30. The maximum Gasteiger partial charge on any atom is 0.183 e. The Bertz CT molecular complexity index is 1170. The third kappa shape index (κ3) is 3.52. The Balaban J connectivity index is 1.73. The molecule has 1 aliphatic rings. The van der Waals surface area contributed by atoms with Gasteiger partial charge in [-0.05, 0) is 19.1 Å². The van der Waals surface area contributed by atoms with Crippen molar-refractivity contribution in [2.75, 3.05) is 11.9 Å². The van der Waals surface area contributed by atoms with E-state index >= 15 is 0 Å². The van der Waals surface area contributed by atoms with Crippen molar-refractivity contribution in [3.05, 3.63) is 53.1 Å². The van der Waals surface area contributed by atoms with Crippen LogP contribution in [0.4, 0.5) is 10.1 Å². The topological polar surface area (TPSA) is 113 Å². The molecule has 4 N–H and O–H groups in total. The molecule has 0 saturated carbocycles. The van der Waals surface area contributed by atoms with Crippen molar-refractivity contribution in [3.63, 3.8) is 0 Å². The smallest absolute Gasteiger partial charge is 0.183 e. The van der Waals surface area contributed by atoms with Gasteiger partial charge in [-0.25, -0.2) is 14.1 Å². The third-order valence-corrected chi connectivity index (χ3v) is 5.62. The molecule has 0 radical (unpaired) electrons. The third-order valence-electron chi connectivity index (χ3n) is 5.42. The van der Waals surface area contributed by atoms with Crippen molar-refractivity contribution < 1.29 is 24.4 Å². The fourth-order valence-corrected chi connectivity index (χ4v) is 3.90. The second kappa shape index (κ2) is 8.07. The lowest BCUT2D eigenvalue weighted by Gasteiger charge is -2.23. The van der Waals surface area contributed by atoms with Crippen LogP contribution in [0.5, 0.6) is 0 Å². The molecular formula is C21H20ClFN4O4. The van der Waals surface area contributed by atoms with Crippen LogP contribution in [-0.2, 0) is 4.74 Å². The summed E-state index contributed by atoms with van der Waals surface area (Å²) in [6, 6.07) is 7.59. The molecule has 1 saturated heterocycles. The molecule has 0 aliphatic carbocycles. The zero-order valence-corrected chi connectivity index (χ0v) is 17.2. The summed E-state index contributed by atoms with van der Waals surface area (Å²) in [6.07, 6.45) is 2.68. The van der Waals surface area contributed by atoms with Gasteiger partial charge in [-0.15, -0.1) is 6.42 Å². The molecule has 0 spiro atoms. The van der Waals surface area contributed by atoms with Gasteiger partial charge in [0.2, 0.25) is 0 Å². The first kappa shape index (κ1) is 21.5. The number of aromatic nitrogens is 3. The molecule has 1 fully saturated rings. The average molecular weight is 447 g/mol. The van der Waals surface area contributed by atoms with Crippen LogP contribution in [0.25, 0.3) is 11.0 Å². The molecule has 8 nitrogen and oxygen atoms in total. The number of hydrogen-bond acceptors (Lipinski definition) is 7. The van der Waals surface area contributed by atoms with Gasteiger partial charge in [0.25, 0.3) is 0 Å². The van der Waals surface area contributed by atoms with E-state index in [9.17, 15) is 19.7 Å². The highest BCUT2D eigenvalue weighted by Crippen LogP contribution is 2.39. The van der Waals surface area contributed by atoms with Crippen molar-refractivity contribution in [1.29, 1.82) is 0 Å². The van der Waals surface area contributed by atoms with E-state index in [2.05, 4.69) is 21.3 Å². The summed E-state index contributed by atoms with van der Waals surface area (Å²) in [6.45, 7) is 1.10. The van der Waals surface area contributed by atoms with E-state index in [0.717, 1.165) is 0 Å². The number of rotatable bonds is 5. The Morgan fingerprint density at radius 3 is 2.81 bits per heavy atom. The van der Waals surface area contributed by atoms with E-state index in [1.165, 1.54) is 16.9 Å². The van der Waals surface area contributed by atoms with Crippen LogP contribution in [0.15, 0.2) is 36.5 Å². The van der Waals surface area contributed by atoms with Crippen LogP contribution in [-0.4, -0.2) is 54.5 Å². The Morgan fingerprint density at radius 2 is 2.16 bits per heavy atom. The summed E-state index contributed by atoms with van der Waals surface area (Å²) in [5.74, 6) is 1.86. The van der Waals surface area contributed by atoms with Crippen LogP contribution >= 0.6 is 11.6 Å². The van der Waals surface area contributed by atoms with Crippen molar-refractivity contribution in [2.45, 2.75) is 37.0 Å². The lowest BCUT2D eigenvalue weighted by Crippen LogP contribution is -2.44. The van der Waals surface area contributed by atoms with E-state index in [1.54, 1.807) is 31.2 Å². The van der Waals surface area contributed by atoms with Crippen LogP contribution in [0, 0.1) is 18.2 Å². The predicted molar refractivity (Wildman–Crippen MR) is 112 cm³/mol. The van der Waals surface area contributed by atoms with Gasteiger partial charge in [-0.1, -0.05) is 35.7 Å². The van der Waals surface area contributed by atoms with Crippen molar-refractivity contribution in [2.24, 2.45) is 0 Å². The first-order valence-corrected chi connectivity index (χ1v) is 9.86. The van der Waals surface area contributed by atoms with Crippen molar-refractivity contribution >= 4 is 28.3 Å². The monoisotopic (exact) mass is 446 g/mol. The van der Waals surface area contributed by atoms with Crippen molar-refractivity contribution in [3.8, 4) is 12.3 Å². The SMILES string of the molecule is C#C[C@]1(CO)OC(n2ncc3c(NC(C)c4ccccc4F)cc(Cl)nc32)[C@H](O)[C@@H]1O. The molecule has 5 atom stereocenters. The lowest BCUT2D eigenvalue weighted by atomic mass is 9.97. The number of aliphatic hydroxyl groups is 3. The van der Waals surface area contributed by atoms with Crippen molar-refractivity contribution in [1.82, 2.24) is 14.8 Å². The minimum atomic E-state index is -1.78. The number of anilines is 1. The summed E-state index contributed by atoms with van der Waals surface area (Å²) in [5.41, 5.74) is -0.523. The molecule has 4 rings (SSSR count). The Hall–Kier alpha value is -2.74. The molecular weight excluding hydrogens is 427 g/mol. The number of halogens is 2.